The van der Waals surface area contributed by atoms with E-state index in [0.29, 0.717) is 12.3 Å². The van der Waals surface area contributed by atoms with Gasteiger partial charge in [0.25, 0.3) is 0 Å². The minimum atomic E-state index is -0.213. The molecule has 0 N–H and O–H groups in total. The average molecular weight is 155 g/mol. The zero-order valence-electron chi connectivity index (χ0n) is 6.96. The van der Waals surface area contributed by atoms with Crippen LogP contribution in [0.15, 0.2) is 0 Å². The number of esters is 1. The molecular weight excluding hydrogens is 142 g/mol. The van der Waals surface area contributed by atoms with Crippen LogP contribution in [0.1, 0.15) is 26.7 Å². The van der Waals surface area contributed by atoms with Gasteiger partial charge in [-0.25, -0.2) is 0 Å². The Kier molecular flexibility index (Phi) is 5.18. The lowest BCUT2D eigenvalue weighted by Gasteiger charge is -2.03. The highest BCUT2D eigenvalue weighted by molar-refractivity contribution is 5.69. The molecule has 0 fully saturated rings. The van der Waals surface area contributed by atoms with Crippen LogP contribution >= 0.6 is 0 Å². The summed E-state index contributed by atoms with van der Waals surface area (Å²) in [5.41, 5.74) is 0. The molecule has 0 spiro atoms. The van der Waals surface area contributed by atoms with Gasteiger partial charge in [-0.2, -0.15) is 5.26 Å². The minimum absolute atomic E-state index is 0.213. The molecule has 3 nitrogen and oxygen atoms in total. The van der Waals surface area contributed by atoms with Crippen molar-refractivity contribution in [2.75, 3.05) is 6.61 Å². The second-order valence-electron chi connectivity index (χ2n) is 2.73. The Morgan fingerprint density at radius 3 is 2.73 bits per heavy atom. The van der Waals surface area contributed by atoms with Crippen LogP contribution in [0.3, 0.4) is 0 Å². The molecule has 0 aromatic carbocycles. The van der Waals surface area contributed by atoms with Gasteiger partial charge in [0.05, 0.1) is 12.5 Å². The summed E-state index contributed by atoms with van der Waals surface area (Å²) in [6.45, 7) is 4.12. The van der Waals surface area contributed by atoms with Crippen molar-refractivity contribution in [1.82, 2.24) is 0 Å². The van der Waals surface area contributed by atoms with E-state index >= 15 is 0 Å². The van der Waals surface area contributed by atoms with Crippen LogP contribution in [0.4, 0.5) is 0 Å². The molecule has 62 valence electrons. The molecule has 0 saturated heterocycles. The molecule has 0 amide bonds. The Labute approximate surface area is 67.0 Å². The van der Waals surface area contributed by atoms with E-state index in [1.807, 2.05) is 19.9 Å². The second-order valence-corrected chi connectivity index (χ2v) is 2.73. The molecule has 0 aliphatic carbocycles. The zero-order valence-corrected chi connectivity index (χ0v) is 6.96. The van der Waals surface area contributed by atoms with Gasteiger partial charge in [-0.05, 0) is 5.92 Å². The van der Waals surface area contributed by atoms with E-state index in [9.17, 15) is 4.79 Å². The fourth-order valence-corrected chi connectivity index (χ4v) is 0.603. The number of nitrogens with zero attached hydrogens (tertiary/aromatic N) is 1. The summed E-state index contributed by atoms with van der Waals surface area (Å²) in [6, 6.07) is 1.90. The molecule has 0 aliphatic heterocycles. The number of nitriles is 1. The van der Waals surface area contributed by atoms with Gasteiger partial charge in [0.1, 0.15) is 6.61 Å². The number of carbonyl (C=O) groups is 1. The van der Waals surface area contributed by atoms with Crippen LogP contribution in [0.5, 0.6) is 0 Å². The van der Waals surface area contributed by atoms with Crippen molar-refractivity contribution in [1.29, 1.82) is 5.26 Å². The number of carbonyl (C=O) groups excluding carboxylic acids is 1. The standard InChI is InChI=1S/C8H13NO2/c1-7(2)6-8(10)11-5-3-4-9/h7H,3,5-6H2,1-2H3. The summed E-state index contributed by atoms with van der Waals surface area (Å²) in [5.74, 6) is 0.111. The number of ether oxygens (including phenoxy) is 1. The zero-order chi connectivity index (χ0) is 8.69. The molecule has 3 heteroatoms. The lowest BCUT2D eigenvalue weighted by Crippen LogP contribution is -2.08. The van der Waals surface area contributed by atoms with Crippen LogP contribution in [0, 0.1) is 17.2 Å². The number of rotatable bonds is 4. The van der Waals surface area contributed by atoms with Crippen molar-refractivity contribution in [3.8, 4) is 6.07 Å². The Morgan fingerprint density at radius 2 is 2.27 bits per heavy atom. The summed E-state index contributed by atoms with van der Waals surface area (Å²) in [7, 11) is 0. The third-order valence-electron chi connectivity index (χ3n) is 1.05. The first-order chi connectivity index (χ1) is 5.16. The maximum atomic E-state index is 10.8. The van der Waals surface area contributed by atoms with Gasteiger partial charge in [0.2, 0.25) is 0 Å². The van der Waals surface area contributed by atoms with Gasteiger partial charge in [-0.3, -0.25) is 4.79 Å². The van der Waals surface area contributed by atoms with Gasteiger partial charge in [0, 0.05) is 6.42 Å². The highest BCUT2D eigenvalue weighted by atomic mass is 16.5. The first-order valence-electron chi connectivity index (χ1n) is 3.69. The number of hydrogen-bond donors (Lipinski definition) is 0. The van der Waals surface area contributed by atoms with Gasteiger partial charge in [-0.1, -0.05) is 13.8 Å². The smallest absolute Gasteiger partial charge is 0.306 e. The van der Waals surface area contributed by atoms with E-state index < -0.39 is 0 Å². The van der Waals surface area contributed by atoms with Crippen molar-refractivity contribution in [3.05, 3.63) is 0 Å². The molecule has 0 aromatic rings. The van der Waals surface area contributed by atoms with Gasteiger partial charge in [0.15, 0.2) is 0 Å². The quantitative estimate of drug-likeness (QED) is 0.456. The predicted octanol–water partition coefficient (Wildman–Crippen LogP) is 1.49. The number of hydrogen-bond acceptors (Lipinski definition) is 3. The topological polar surface area (TPSA) is 50.1 Å². The largest absolute Gasteiger partial charge is 0.465 e. The minimum Gasteiger partial charge on any atom is -0.465 e. The SMILES string of the molecule is CC(C)CC(=O)OCCC#N. The average Bonchev–Trinajstić information content (AvgIpc) is 1.86. The Morgan fingerprint density at radius 1 is 1.64 bits per heavy atom. The first kappa shape index (κ1) is 9.96. The fourth-order valence-electron chi connectivity index (χ4n) is 0.603. The Balaban J connectivity index is 3.32. The maximum Gasteiger partial charge on any atom is 0.306 e. The second kappa shape index (κ2) is 5.72. The van der Waals surface area contributed by atoms with E-state index in [1.165, 1.54) is 0 Å². The monoisotopic (exact) mass is 155 g/mol. The predicted molar refractivity (Wildman–Crippen MR) is 40.6 cm³/mol. The molecule has 0 aromatic heterocycles. The third kappa shape index (κ3) is 6.85. The molecule has 0 bridgehead atoms. The van der Waals surface area contributed by atoms with Crippen molar-refractivity contribution in [2.45, 2.75) is 26.7 Å². The fraction of sp³-hybridized carbons (Fsp3) is 0.750. The van der Waals surface area contributed by atoms with Gasteiger partial charge < -0.3 is 4.74 Å². The van der Waals surface area contributed by atoms with Crippen LogP contribution in [-0.2, 0) is 9.53 Å². The molecule has 0 heterocycles. The normalized spacial score (nSPS) is 9.27. The molecular formula is C8H13NO2. The molecule has 0 saturated carbocycles. The van der Waals surface area contributed by atoms with E-state index in [4.69, 9.17) is 10.00 Å². The van der Waals surface area contributed by atoms with Crippen molar-refractivity contribution >= 4 is 5.97 Å². The van der Waals surface area contributed by atoms with Gasteiger partial charge in [-0.15, -0.1) is 0 Å². The lowest BCUT2D eigenvalue weighted by atomic mass is 10.1. The van der Waals surface area contributed by atoms with Crippen LogP contribution in [-0.4, -0.2) is 12.6 Å². The van der Waals surface area contributed by atoms with E-state index in [1.54, 1.807) is 0 Å². The van der Waals surface area contributed by atoms with Crippen molar-refractivity contribution < 1.29 is 9.53 Å². The van der Waals surface area contributed by atoms with Gasteiger partial charge >= 0.3 is 5.97 Å². The maximum absolute atomic E-state index is 10.8. The molecule has 0 rings (SSSR count). The highest BCUT2D eigenvalue weighted by Gasteiger charge is 2.04. The molecule has 0 radical (unpaired) electrons. The van der Waals surface area contributed by atoms with E-state index in [0.717, 1.165) is 0 Å². The van der Waals surface area contributed by atoms with Crippen molar-refractivity contribution in [3.63, 3.8) is 0 Å². The molecule has 0 unspecified atom stereocenters. The van der Waals surface area contributed by atoms with Crippen molar-refractivity contribution in [2.24, 2.45) is 5.92 Å². The summed E-state index contributed by atoms with van der Waals surface area (Å²) < 4.78 is 4.73. The van der Waals surface area contributed by atoms with Crippen LogP contribution < -0.4 is 0 Å². The van der Waals surface area contributed by atoms with Crippen LogP contribution in [0.25, 0.3) is 0 Å². The molecule has 0 aliphatic rings. The first-order valence-corrected chi connectivity index (χ1v) is 3.69. The van der Waals surface area contributed by atoms with E-state index in [-0.39, 0.29) is 19.0 Å². The lowest BCUT2D eigenvalue weighted by molar-refractivity contribution is -0.144. The van der Waals surface area contributed by atoms with E-state index in [2.05, 4.69) is 0 Å². The summed E-state index contributed by atoms with van der Waals surface area (Å²) in [6.07, 6.45) is 0.718. The summed E-state index contributed by atoms with van der Waals surface area (Å²) >= 11 is 0. The highest BCUT2D eigenvalue weighted by Crippen LogP contribution is 2.00. The Bertz CT molecular complexity index is 158. The third-order valence-corrected chi connectivity index (χ3v) is 1.05. The van der Waals surface area contributed by atoms with Crippen LogP contribution in [0.2, 0.25) is 0 Å². The Hall–Kier alpha value is -1.04. The summed E-state index contributed by atoms with van der Waals surface area (Å²) in [5, 5.41) is 8.12. The summed E-state index contributed by atoms with van der Waals surface area (Å²) in [4.78, 5) is 10.8. The molecule has 11 heavy (non-hydrogen) atoms. The molecule has 0 atom stereocenters.